The van der Waals surface area contributed by atoms with Crippen LogP contribution in [-0.2, 0) is 9.47 Å². The number of thioether (sulfide) groups is 2. The largest absolute Gasteiger partial charge is 0.378 e. The first-order valence-corrected chi connectivity index (χ1v) is 7.75. The molecule has 2 nitrogen and oxygen atoms in total. The Morgan fingerprint density at radius 2 is 1.80 bits per heavy atom. The van der Waals surface area contributed by atoms with Crippen molar-refractivity contribution in [2.24, 2.45) is 0 Å². The molecule has 2 saturated heterocycles. The molecule has 0 aromatic heterocycles. The maximum atomic E-state index is 6.10. The Balaban J connectivity index is 1.96. The van der Waals surface area contributed by atoms with Crippen LogP contribution in [0.2, 0.25) is 0 Å². The van der Waals surface area contributed by atoms with Gasteiger partial charge in [0.2, 0.25) is 0 Å². The van der Waals surface area contributed by atoms with Crippen LogP contribution in [0.5, 0.6) is 0 Å². The molecule has 3 unspecified atom stereocenters. The normalized spacial score (nSPS) is 43.6. The Bertz CT molecular complexity index is 213. The van der Waals surface area contributed by atoms with Crippen LogP contribution in [0.25, 0.3) is 0 Å². The Morgan fingerprint density at radius 1 is 1.07 bits per heavy atom. The summed E-state index contributed by atoms with van der Waals surface area (Å²) in [7, 11) is 0. The average molecular weight is 248 g/mol. The minimum absolute atomic E-state index is 0.0430. The average Bonchev–Trinajstić information content (AvgIpc) is 2.60. The van der Waals surface area contributed by atoms with Crippen molar-refractivity contribution in [3.8, 4) is 0 Å². The maximum absolute atomic E-state index is 6.10. The summed E-state index contributed by atoms with van der Waals surface area (Å²) in [6, 6.07) is 0. The SMILES string of the molecule is CC1CSC2(CCCCO1)OC(C)CS2. The first kappa shape index (κ1) is 12.1. The third-order valence-electron chi connectivity index (χ3n) is 2.74. The van der Waals surface area contributed by atoms with E-state index in [9.17, 15) is 0 Å². The molecule has 2 aliphatic heterocycles. The summed E-state index contributed by atoms with van der Waals surface area (Å²) in [6.07, 6.45) is 4.34. The second-order valence-electron chi connectivity index (χ2n) is 4.37. The van der Waals surface area contributed by atoms with Crippen LogP contribution in [0.1, 0.15) is 33.1 Å². The lowest BCUT2D eigenvalue weighted by molar-refractivity contribution is 0.0514. The molecule has 0 bridgehead atoms. The fraction of sp³-hybridized carbons (Fsp3) is 1.00. The molecule has 2 aliphatic rings. The summed E-state index contributed by atoms with van der Waals surface area (Å²) in [5, 5.41) is 0. The van der Waals surface area contributed by atoms with Gasteiger partial charge in [-0.2, -0.15) is 0 Å². The summed E-state index contributed by atoms with van der Waals surface area (Å²) in [5.74, 6) is 2.20. The number of hydrogen-bond donors (Lipinski definition) is 0. The lowest BCUT2D eigenvalue weighted by Gasteiger charge is -2.27. The first-order valence-electron chi connectivity index (χ1n) is 5.77. The third-order valence-corrected chi connectivity index (χ3v) is 6.20. The van der Waals surface area contributed by atoms with Crippen LogP contribution in [0.15, 0.2) is 0 Å². The summed E-state index contributed by atoms with van der Waals surface area (Å²) >= 11 is 3.94. The van der Waals surface area contributed by atoms with Gasteiger partial charge in [0.25, 0.3) is 0 Å². The van der Waals surface area contributed by atoms with Crippen molar-refractivity contribution in [2.45, 2.75) is 49.6 Å². The number of rotatable bonds is 0. The van der Waals surface area contributed by atoms with Gasteiger partial charge in [-0.15, -0.1) is 23.5 Å². The van der Waals surface area contributed by atoms with Crippen molar-refractivity contribution < 1.29 is 9.47 Å². The number of hydrogen-bond acceptors (Lipinski definition) is 4. The molecule has 1 spiro atoms. The van der Waals surface area contributed by atoms with Crippen molar-refractivity contribution in [1.82, 2.24) is 0 Å². The van der Waals surface area contributed by atoms with E-state index in [4.69, 9.17) is 9.47 Å². The molecule has 2 fully saturated rings. The summed E-state index contributed by atoms with van der Waals surface area (Å²) in [6.45, 7) is 5.25. The first-order chi connectivity index (χ1) is 7.20. The van der Waals surface area contributed by atoms with E-state index in [0.717, 1.165) is 18.1 Å². The monoisotopic (exact) mass is 248 g/mol. The topological polar surface area (TPSA) is 18.5 Å². The molecule has 4 heteroatoms. The third kappa shape index (κ3) is 3.29. The molecule has 0 N–H and O–H groups in total. The van der Waals surface area contributed by atoms with Crippen molar-refractivity contribution in [2.75, 3.05) is 18.1 Å². The molecule has 0 aromatic carbocycles. The zero-order valence-electron chi connectivity index (χ0n) is 9.53. The van der Waals surface area contributed by atoms with Gasteiger partial charge in [-0.1, -0.05) is 0 Å². The van der Waals surface area contributed by atoms with Gasteiger partial charge >= 0.3 is 0 Å². The summed E-state index contributed by atoms with van der Waals surface area (Å²) < 4.78 is 11.8. The molecule has 0 amide bonds. The van der Waals surface area contributed by atoms with Crippen molar-refractivity contribution >= 4 is 23.5 Å². The van der Waals surface area contributed by atoms with Gasteiger partial charge < -0.3 is 9.47 Å². The lowest BCUT2D eigenvalue weighted by Crippen LogP contribution is -2.23. The molecule has 0 aliphatic carbocycles. The van der Waals surface area contributed by atoms with Gasteiger partial charge in [-0.05, 0) is 33.1 Å². The van der Waals surface area contributed by atoms with Crippen LogP contribution >= 0.6 is 23.5 Å². The van der Waals surface area contributed by atoms with E-state index in [1.54, 1.807) is 0 Å². The molecule has 15 heavy (non-hydrogen) atoms. The zero-order chi connectivity index (χ0) is 10.7. The van der Waals surface area contributed by atoms with E-state index in [0.29, 0.717) is 12.2 Å². The fourth-order valence-corrected chi connectivity index (χ4v) is 4.84. The second kappa shape index (κ2) is 5.30. The Kier molecular flexibility index (Phi) is 4.27. The van der Waals surface area contributed by atoms with E-state index in [1.165, 1.54) is 19.3 Å². The summed E-state index contributed by atoms with van der Waals surface area (Å²) in [4.78, 5) is 0. The molecule has 2 heterocycles. The van der Waals surface area contributed by atoms with Gasteiger partial charge in [-0.25, -0.2) is 0 Å². The highest BCUT2D eigenvalue weighted by Crippen LogP contribution is 2.49. The minimum Gasteiger partial charge on any atom is -0.378 e. The minimum atomic E-state index is 0.0430. The number of ether oxygens (including phenoxy) is 2. The molecular formula is C11H20O2S2. The lowest BCUT2D eigenvalue weighted by atomic mass is 10.2. The highest BCUT2D eigenvalue weighted by molar-refractivity contribution is 8.18. The van der Waals surface area contributed by atoms with Crippen LogP contribution in [-0.4, -0.2) is 34.6 Å². The van der Waals surface area contributed by atoms with E-state index in [1.807, 2.05) is 23.5 Å². The Labute approximate surface area is 101 Å². The molecule has 88 valence electrons. The van der Waals surface area contributed by atoms with E-state index in [2.05, 4.69) is 13.8 Å². The van der Waals surface area contributed by atoms with Crippen LogP contribution in [0.4, 0.5) is 0 Å². The molecule has 0 saturated carbocycles. The molecule has 0 radical (unpaired) electrons. The van der Waals surface area contributed by atoms with Crippen LogP contribution in [0, 0.1) is 0 Å². The second-order valence-corrected chi connectivity index (χ2v) is 7.19. The van der Waals surface area contributed by atoms with Crippen LogP contribution < -0.4 is 0 Å². The van der Waals surface area contributed by atoms with Gasteiger partial charge in [0.05, 0.1) is 12.2 Å². The van der Waals surface area contributed by atoms with Crippen molar-refractivity contribution in [1.29, 1.82) is 0 Å². The predicted octanol–water partition coefficient (Wildman–Crippen LogP) is 3.11. The Morgan fingerprint density at radius 3 is 2.47 bits per heavy atom. The zero-order valence-corrected chi connectivity index (χ0v) is 11.2. The molecule has 0 aromatic rings. The molecule has 2 rings (SSSR count). The van der Waals surface area contributed by atoms with Crippen molar-refractivity contribution in [3.05, 3.63) is 0 Å². The summed E-state index contributed by atoms with van der Waals surface area (Å²) in [5.41, 5.74) is 0. The molecular weight excluding hydrogens is 228 g/mol. The standard InChI is InChI=1S/C11H20O2S2/c1-9-7-14-11(5-3-4-6-12-9)13-10(2)8-15-11/h9-10H,3-8H2,1-2H3. The smallest absolute Gasteiger partial charge is 0.161 e. The highest BCUT2D eigenvalue weighted by atomic mass is 32.2. The Hall–Kier alpha value is 0.620. The van der Waals surface area contributed by atoms with Crippen molar-refractivity contribution in [3.63, 3.8) is 0 Å². The molecule has 3 atom stereocenters. The van der Waals surface area contributed by atoms with Gasteiger partial charge in [0, 0.05) is 18.1 Å². The van der Waals surface area contributed by atoms with E-state index < -0.39 is 0 Å². The quantitative estimate of drug-likeness (QED) is 0.655. The maximum Gasteiger partial charge on any atom is 0.161 e. The fourth-order valence-electron chi connectivity index (χ4n) is 1.92. The van der Waals surface area contributed by atoms with Crippen LogP contribution in [0.3, 0.4) is 0 Å². The van der Waals surface area contributed by atoms with Gasteiger partial charge in [-0.3, -0.25) is 0 Å². The van der Waals surface area contributed by atoms with Gasteiger partial charge in [0.15, 0.2) is 4.27 Å². The highest BCUT2D eigenvalue weighted by Gasteiger charge is 2.40. The van der Waals surface area contributed by atoms with E-state index in [-0.39, 0.29) is 4.27 Å². The van der Waals surface area contributed by atoms with Gasteiger partial charge in [0.1, 0.15) is 0 Å². The predicted molar refractivity (Wildman–Crippen MR) is 67.5 cm³/mol. The van der Waals surface area contributed by atoms with E-state index >= 15 is 0 Å².